The molecule has 0 aromatic carbocycles. The van der Waals surface area contributed by atoms with Gasteiger partial charge in [-0.15, -0.1) is 12.4 Å². The fourth-order valence-corrected chi connectivity index (χ4v) is 2.86. The highest BCUT2D eigenvalue weighted by molar-refractivity contribution is 5.85. The van der Waals surface area contributed by atoms with Crippen LogP contribution in [0.1, 0.15) is 39.0 Å². The van der Waals surface area contributed by atoms with E-state index in [1.165, 1.54) is 19.3 Å². The molecule has 1 aliphatic heterocycles. The zero-order valence-corrected chi connectivity index (χ0v) is 16.5. The van der Waals surface area contributed by atoms with Crippen LogP contribution in [0.15, 0.2) is 22.9 Å². The first-order valence-electron chi connectivity index (χ1n) is 9.12. The molecule has 9 heteroatoms. The van der Waals surface area contributed by atoms with Crippen molar-refractivity contribution in [3.05, 3.63) is 24.2 Å². The van der Waals surface area contributed by atoms with Crippen LogP contribution in [0.25, 0.3) is 11.4 Å². The van der Waals surface area contributed by atoms with Gasteiger partial charge in [-0.25, -0.2) is 4.98 Å². The minimum atomic E-state index is -0.552. The smallest absolute Gasteiger partial charge is 0.246 e. The van der Waals surface area contributed by atoms with Crippen molar-refractivity contribution in [3.63, 3.8) is 0 Å². The third-order valence-corrected chi connectivity index (χ3v) is 4.59. The Morgan fingerprint density at radius 2 is 2.04 bits per heavy atom. The van der Waals surface area contributed by atoms with E-state index in [1.54, 1.807) is 6.20 Å². The quantitative estimate of drug-likeness (QED) is 0.772. The Morgan fingerprint density at radius 3 is 2.67 bits per heavy atom. The van der Waals surface area contributed by atoms with E-state index < -0.39 is 6.04 Å². The molecule has 3 heterocycles. The molecule has 0 aliphatic carbocycles. The number of rotatable bonds is 6. The molecule has 0 unspecified atom stereocenters. The van der Waals surface area contributed by atoms with Gasteiger partial charge in [0.15, 0.2) is 0 Å². The molecule has 1 fully saturated rings. The molecule has 0 spiro atoms. The second kappa shape index (κ2) is 9.66. The zero-order chi connectivity index (χ0) is 18.5. The van der Waals surface area contributed by atoms with Gasteiger partial charge in [-0.3, -0.25) is 4.79 Å². The lowest BCUT2D eigenvalue weighted by Gasteiger charge is -2.27. The largest absolute Gasteiger partial charge is 0.357 e. The van der Waals surface area contributed by atoms with Crippen LogP contribution < -0.4 is 16.0 Å². The summed E-state index contributed by atoms with van der Waals surface area (Å²) in [5.41, 5.74) is 6.59. The van der Waals surface area contributed by atoms with Gasteiger partial charge in [0.2, 0.25) is 17.6 Å². The molecule has 3 N–H and O–H groups in total. The zero-order valence-electron chi connectivity index (χ0n) is 15.7. The molecule has 148 valence electrons. The Bertz CT molecular complexity index is 728. The van der Waals surface area contributed by atoms with E-state index in [0.29, 0.717) is 11.7 Å². The van der Waals surface area contributed by atoms with E-state index in [4.69, 9.17) is 10.3 Å². The number of amides is 1. The van der Waals surface area contributed by atoms with Gasteiger partial charge in [-0.1, -0.05) is 19.0 Å². The second-order valence-electron chi connectivity index (χ2n) is 6.95. The standard InChI is InChI=1S/C18H26N6O2.ClH/c1-12(2)16(19)18(25)21-11-15-22-17(23-26-15)13-6-7-14(20-10-13)24-8-4-3-5-9-24;/h6-7,10,12,16H,3-5,8-9,11,19H2,1-2H3,(H,21,25);1H/t16-;/m0./s1. The summed E-state index contributed by atoms with van der Waals surface area (Å²) in [6, 6.07) is 3.38. The van der Waals surface area contributed by atoms with Gasteiger partial charge in [-0.05, 0) is 37.3 Å². The summed E-state index contributed by atoms with van der Waals surface area (Å²) in [7, 11) is 0. The number of piperidine rings is 1. The monoisotopic (exact) mass is 394 g/mol. The molecule has 0 bridgehead atoms. The fourth-order valence-electron chi connectivity index (χ4n) is 2.86. The van der Waals surface area contributed by atoms with Crippen LogP contribution in [0.2, 0.25) is 0 Å². The maximum absolute atomic E-state index is 11.9. The van der Waals surface area contributed by atoms with Crippen molar-refractivity contribution in [2.75, 3.05) is 18.0 Å². The lowest BCUT2D eigenvalue weighted by molar-refractivity contribution is -0.123. The topological polar surface area (TPSA) is 110 Å². The normalized spacial score (nSPS) is 15.3. The van der Waals surface area contributed by atoms with E-state index in [2.05, 4.69) is 25.3 Å². The first-order chi connectivity index (χ1) is 12.5. The second-order valence-corrected chi connectivity index (χ2v) is 6.95. The minimum Gasteiger partial charge on any atom is -0.357 e. The van der Waals surface area contributed by atoms with Gasteiger partial charge in [0.1, 0.15) is 5.82 Å². The van der Waals surface area contributed by atoms with Crippen LogP contribution in [-0.2, 0) is 11.3 Å². The Hall–Kier alpha value is -2.19. The highest BCUT2D eigenvalue weighted by Gasteiger charge is 2.18. The Morgan fingerprint density at radius 1 is 1.30 bits per heavy atom. The summed E-state index contributed by atoms with van der Waals surface area (Å²) in [5.74, 6) is 1.61. The van der Waals surface area contributed by atoms with Gasteiger partial charge in [0.25, 0.3) is 0 Å². The first kappa shape index (κ1) is 21.1. The molecule has 3 rings (SSSR count). The number of halogens is 1. The van der Waals surface area contributed by atoms with E-state index in [9.17, 15) is 4.79 Å². The minimum absolute atomic E-state index is 0. The SMILES string of the molecule is CC(C)[C@H](N)C(=O)NCc1nc(-c2ccc(N3CCCCC3)nc2)no1.Cl. The molecule has 2 aromatic heterocycles. The number of carbonyl (C=O) groups excluding carboxylic acids is 1. The van der Waals surface area contributed by atoms with Crippen LogP contribution in [0, 0.1) is 5.92 Å². The molecule has 8 nitrogen and oxygen atoms in total. The average molecular weight is 395 g/mol. The molecular weight excluding hydrogens is 368 g/mol. The molecule has 2 aromatic rings. The maximum atomic E-state index is 11.9. The van der Waals surface area contributed by atoms with Crippen molar-refractivity contribution in [1.29, 1.82) is 0 Å². The van der Waals surface area contributed by atoms with Crippen molar-refractivity contribution in [2.45, 2.75) is 45.7 Å². The molecule has 0 saturated carbocycles. The summed E-state index contributed by atoms with van der Waals surface area (Å²) in [4.78, 5) is 23.0. The van der Waals surface area contributed by atoms with Gasteiger partial charge in [-0.2, -0.15) is 4.98 Å². The van der Waals surface area contributed by atoms with Crippen LogP contribution in [0.5, 0.6) is 0 Å². The van der Waals surface area contributed by atoms with Gasteiger partial charge in [0.05, 0.1) is 12.6 Å². The van der Waals surface area contributed by atoms with Crippen LogP contribution >= 0.6 is 12.4 Å². The van der Waals surface area contributed by atoms with Gasteiger partial charge in [0, 0.05) is 24.8 Å². The van der Waals surface area contributed by atoms with Gasteiger partial charge < -0.3 is 20.5 Å². The van der Waals surface area contributed by atoms with E-state index in [-0.39, 0.29) is 30.8 Å². The van der Waals surface area contributed by atoms with Gasteiger partial charge >= 0.3 is 0 Å². The number of nitrogens with zero attached hydrogens (tertiary/aromatic N) is 4. The van der Waals surface area contributed by atoms with Crippen molar-refractivity contribution in [2.24, 2.45) is 11.7 Å². The molecule has 1 amide bonds. The first-order valence-corrected chi connectivity index (χ1v) is 9.12. The molecular formula is C18H27ClN6O2. The van der Waals surface area contributed by atoms with Crippen LogP contribution in [0.3, 0.4) is 0 Å². The van der Waals surface area contributed by atoms with Crippen molar-refractivity contribution in [3.8, 4) is 11.4 Å². The predicted molar refractivity (Wildman–Crippen MR) is 106 cm³/mol. The number of nitrogens with two attached hydrogens (primary N) is 1. The number of nitrogens with one attached hydrogen (secondary N) is 1. The summed E-state index contributed by atoms with van der Waals surface area (Å²) < 4.78 is 5.20. The van der Waals surface area contributed by atoms with E-state index in [0.717, 1.165) is 24.5 Å². The summed E-state index contributed by atoms with van der Waals surface area (Å²) >= 11 is 0. The lowest BCUT2D eigenvalue weighted by atomic mass is 10.1. The molecule has 27 heavy (non-hydrogen) atoms. The number of hydrogen-bond donors (Lipinski definition) is 2. The van der Waals surface area contributed by atoms with Crippen molar-refractivity contribution < 1.29 is 9.32 Å². The summed E-state index contributed by atoms with van der Waals surface area (Å²) in [6.07, 6.45) is 5.47. The van der Waals surface area contributed by atoms with Crippen LogP contribution in [0.4, 0.5) is 5.82 Å². The predicted octanol–water partition coefficient (Wildman–Crippen LogP) is 2.14. The van der Waals surface area contributed by atoms with Crippen LogP contribution in [-0.4, -0.2) is 40.2 Å². The molecule has 1 atom stereocenters. The summed E-state index contributed by atoms with van der Waals surface area (Å²) in [5, 5.41) is 6.68. The fraction of sp³-hybridized carbons (Fsp3) is 0.556. The lowest BCUT2D eigenvalue weighted by Crippen LogP contribution is -2.43. The van der Waals surface area contributed by atoms with Crippen molar-refractivity contribution in [1.82, 2.24) is 20.4 Å². The Labute approximate surface area is 165 Å². The van der Waals surface area contributed by atoms with E-state index in [1.807, 2.05) is 26.0 Å². The number of carbonyl (C=O) groups is 1. The highest BCUT2D eigenvalue weighted by Crippen LogP contribution is 2.21. The third-order valence-electron chi connectivity index (χ3n) is 4.59. The number of aromatic nitrogens is 3. The molecule has 1 aliphatic rings. The third kappa shape index (κ3) is 5.40. The maximum Gasteiger partial charge on any atom is 0.246 e. The summed E-state index contributed by atoms with van der Waals surface area (Å²) in [6.45, 7) is 6.06. The number of anilines is 1. The highest BCUT2D eigenvalue weighted by atomic mass is 35.5. The molecule has 0 radical (unpaired) electrons. The average Bonchev–Trinajstić information content (AvgIpc) is 3.15. The molecule has 1 saturated heterocycles. The number of pyridine rings is 1. The Balaban J connectivity index is 0.00000261. The van der Waals surface area contributed by atoms with E-state index >= 15 is 0 Å². The van der Waals surface area contributed by atoms with Crippen molar-refractivity contribution >= 4 is 24.1 Å². The Kier molecular flexibility index (Phi) is 7.55. The number of hydrogen-bond acceptors (Lipinski definition) is 7.